The highest BCUT2D eigenvalue weighted by atomic mass is 35.5. The van der Waals surface area contributed by atoms with Crippen molar-refractivity contribution in [2.45, 2.75) is 13.0 Å². The van der Waals surface area contributed by atoms with Gasteiger partial charge < -0.3 is 24.4 Å². The summed E-state index contributed by atoms with van der Waals surface area (Å²) in [5.74, 6) is 1.51. The second-order valence-electron chi connectivity index (χ2n) is 7.46. The Morgan fingerprint density at radius 3 is 2.59 bits per heavy atom. The summed E-state index contributed by atoms with van der Waals surface area (Å²) < 4.78 is 16.4. The molecule has 1 saturated heterocycles. The van der Waals surface area contributed by atoms with Crippen LogP contribution in [0.25, 0.3) is 0 Å². The molecule has 3 rings (SSSR count). The number of morpholine rings is 1. The zero-order valence-corrected chi connectivity index (χ0v) is 20.7. The molecule has 0 spiro atoms. The third-order valence-electron chi connectivity index (χ3n) is 5.32. The van der Waals surface area contributed by atoms with Crippen molar-refractivity contribution in [3.05, 3.63) is 52.0 Å². The van der Waals surface area contributed by atoms with Crippen molar-refractivity contribution < 1.29 is 14.2 Å². The van der Waals surface area contributed by atoms with Crippen molar-refractivity contribution in [2.24, 2.45) is 0 Å². The van der Waals surface area contributed by atoms with Crippen LogP contribution in [0.5, 0.6) is 11.5 Å². The summed E-state index contributed by atoms with van der Waals surface area (Å²) in [5.41, 5.74) is 1.74. The molecule has 1 aliphatic heterocycles. The van der Waals surface area contributed by atoms with E-state index in [9.17, 15) is 0 Å². The van der Waals surface area contributed by atoms with Gasteiger partial charge in [-0.15, -0.1) is 0 Å². The predicted octanol–water partition coefficient (Wildman–Crippen LogP) is 4.93. The number of methoxy groups -OCH3 is 2. The fraction of sp³-hybridized carbons (Fsp3) is 0.435. The Hall–Kier alpha value is -1.77. The van der Waals surface area contributed by atoms with Gasteiger partial charge in [-0.2, -0.15) is 0 Å². The van der Waals surface area contributed by atoms with Crippen LogP contribution in [0.2, 0.25) is 10.0 Å². The van der Waals surface area contributed by atoms with Gasteiger partial charge in [-0.1, -0.05) is 23.2 Å². The molecule has 0 bridgehead atoms. The molecular weight excluding hydrogens is 469 g/mol. The standard InChI is InChI=1S/C23H29Cl2N3O3S/c1-29-19-6-4-17(22(15-19)30-2)16-28(9-3-8-27-10-12-31-13-11-27)23(32)26-21-7-5-18(24)14-20(21)25/h4-7,14-15H,3,8-13,16H2,1-2H3,(H,26,32). The van der Waals surface area contributed by atoms with Crippen LogP contribution in [0.3, 0.4) is 0 Å². The van der Waals surface area contributed by atoms with Gasteiger partial charge in [0.1, 0.15) is 11.5 Å². The molecule has 32 heavy (non-hydrogen) atoms. The number of halogens is 2. The molecule has 9 heteroatoms. The number of benzene rings is 2. The van der Waals surface area contributed by atoms with Gasteiger partial charge in [0.05, 0.1) is 38.1 Å². The molecule has 6 nitrogen and oxygen atoms in total. The van der Waals surface area contributed by atoms with Gasteiger partial charge in [-0.05, 0) is 49.0 Å². The zero-order chi connectivity index (χ0) is 22.9. The van der Waals surface area contributed by atoms with Gasteiger partial charge >= 0.3 is 0 Å². The molecule has 174 valence electrons. The molecule has 0 saturated carbocycles. The summed E-state index contributed by atoms with van der Waals surface area (Å²) >= 11 is 18.1. The fourth-order valence-corrected chi connectivity index (χ4v) is 4.26. The van der Waals surface area contributed by atoms with Gasteiger partial charge in [-0.3, -0.25) is 4.90 Å². The Kier molecular flexibility index (Phi) is 9.69. The Morgan fingerprint density at radius 1 is 1.12 bits per heavy atom. The lowest BCUT2D eigenvalue weighted by Crippen LogP contribution is -2.40. The number of ether oxygens (including phenoxy) is 3. The third-order valence-corrected chi connectivity index (χ3v) is 6.23. The first-order valence-electron chi connectivity index (χ1n) is 10.5. The molecule has 1 N–H and O–H groups in total. The van der Waals surface area contributed by atoms with Gasteiger partial charge in [0.2, 0.25) is 0 Å². The number of thiocarbonyl (C=S) groups is 1. The highest BCUT2D eigenvalue weighted by Gasteiger charge is 2.17. The van der Waals surface area contributed by atoms with E-state index in [4.69, 9.17) is 49.6 Å². The van der Waals surface area contributed by atoms with Gasteiger partial charge in [0.15, 0.2) is 5.11 Å². The van der Waals surface area contributed by atoms with Crippen molar-refractivity contribution >= 4 is 46.2 Å². The van der Waals surface area contributed by atoms with Gasteiger partial charge in [0.25, 0.3) is 0 Å². The third kappa shape index (κ3) is 7.12. The van der Waals surface area contributed by atoms with Crippen LogP contribution in [0.1, 0.15) is 12.0 Å². The van der Waals surface area contributed by atoms with Crippen molar-refractivity contribution in [3.8, 4) is 11.5 Å². The van der Waals surface area contributed by atoms with Crippen LogP contribution in [-0.2, 0) is 11.3 Å². The Balaban J connectivity index is 1.72. The lowest BCUT2D eigenvalue weighted by atomic mass is 10.1. The van der Waals surface area contributed by atoms with E-state index in [1.807, 2.05) is 24.3 Å². The van der Waals surface area contributed by atoms with E-state index in [1.165, 1.54) is 0 Å². The molecule has 0 amide bonds. The fourth-order valence-electron chi connectivity index (χ4n) is 3.54. The van der Waals surface area contributed by atoms with Crippen molar-refractivity contribution in [3.63, 3.8) is 0 Å². The number of rotatable bonds is 9. The lowest BCUT2D eigenvalue weighted by Gasteiger charge is -2.30. The maximum atomic E-state index is 6.35. The second-order valence-corrected chi connectivity index (χ2v) is 8.69. The quantitative estimate of drug-likeness (QED) is 0.492. The molecule has 1 heterocycles. The zero-order valence-electron chi connectivity index (χ0n) is 18.4. The molecule has 1 fully saturated rings. The van der Waals surface area contributed by atoms with E-state index in [0.29, 0.717) is 21.7 Å². The van der Waals surface area contributed by atoms with E-state index in [0.717, 1.165) is 68.6 Å². The summed E-state index contributed by atoms with van der Waals surface area (Å²) in [4.78, 5) is 4.55. The first kappa shape index (κ1) is 24.9. The van der Waals surface area contributed by atoms with Crippen LogP contribution < -0.4 is 14.8 Å². The van der Waals surface area contributed by atoms with Crippen LogP contribution in [0.4, 0.5) is 5.69 Å². The number of anilines is 1. The van der Waals surface area contributed by atoms with Crippen LogP contribution >= 0.6 is 35.4 Å². The maximum absolute atomic E-state index is 6.35. The smallest absolute Gasteiger partial charge is 0.173 e. The number of nitrogens with one attached hydrogen (secondary N) is 1. The first-order chi connectivity index (χ1) is 15.5. The minimum absolute atomic E-state index is 0.523. The van der Waals surface area contributed by atoms with Crippen LogP contribution in [0, 0.1) is 0 Å². The average Bonchev–Trinajstić information content (AvgIpc) is 2.81. The highest BCUT2D eigenvalue weighted by molar-refractivity contribution is 7.80. The van der Waals surface area contributed by atoms with Crippen molar-refractivity contribution in [1.82, 2.24) is 9.80 Å². The predicted molar refractivity (Wildman–Crippen MR) is 135 cm³/mol. The second kappa shape index (κ2) is 12.5. The highest BCUT2D eigenvalue weighted by Crippen LogP contribution is 2.28. The Labute approximate surface area is 205 Å². The van der Waals surface area contributed by atoms with E-state index in [1.54, 1.807) is 26.4 Å². The molecule has 0 aliphatic carbocycles. The maximum Gasteiger partial charge on any atom is 0.173 e. The van der Waals surface area contributed by atoms with E-state index in [-0.39, 0.29) is 0 Å². The Bertz CT molecular complexity index is 910. The summed E-state index contributed by atoms with van der Waals surface area (Å²) in [6.07, 6.45) is 0.967. The molecule has 1 aliphatic rings. The first-order valence-corrected chi connectivity index (χ1v) is 11.7. The normalized spacial score (nSPS) is 14.1. The monoisotopic (exact) mass is 497 g/mol. The van der Waals surface area contributed by atoms with Crippen LogP contribution in [-0.4, -0.2) is 68.5 Å². The molecular formula is C23H29Cl2N3O3S. The molecule has 2 aromatic carbocycles. The number of hydrogen-bond acceptors (Lipinski definition) is 5. The molecule has 0 unspecified atom stereocenters. The lowest BCUT2D eigenvalue weighted by molar-refractivity contribution is 0.0367. The SMILES string of the molecule is COc1ccc(CN(CCCN2CCOCC2)C(=S)Nc2ccc(Cl)cc2Cl)c(OC)c1. The van der Waals surface area contributed by atoms with E-state index in [2.05, 4.69) is 15.1 Å². The molecule has 2 aromatic rings. The summed E-state index contributed by atoms with van der Waals surface area (Å²) in [5, 5.41) is 4.97. The average molecular weight is 498 g/mol. The summed E-state index contributed by atoms with van der Waals surface area (Å²) in [6.45, 7) is 5.88. The van der Waals surface area contributed by atoms with Crippen molar-refractivity contribution in [1.29, 1.82) is 0 Å². The minimum Gasteiger partial charge on any atom is -0.497 e. The largest absolute Gasteiger partial charge is 0.497 e. The minimum atomic E-state index is 0.523. The molecule has 0 atom stereocenters. The topological polar surface area (TPSA) is 46.2 Å². The van der Waals surface area contributed by atoms with Crippen LogP contribution in [0.15, 0.2) is 36.4 Å². The summed E-state index contributed by atoms with van der Waals surface area (Å²) in [6, 6.07) is 11.1. The summed E-state index contributed by atoms with van der Waals surface area (Å²) in [7, 11) is 3.30. The molecule has 0 aromatic heterocycles. The number of nitrogens with zero attached hydrogens (tertiary/aromatic N) is 2. The molecule has 0 radical (unpaired) electrons. The van der Waals surface area contributed by atoms with E-state index >= 15 is 0 Å². The van der Waals surface area contributed by atoms with Gasteiger partial charge in [-0.25, -0.2) is 0 Å². The van der Waals surface area contributed by atoms with Crippen molar-refractivity contribution in [2.75, 3.05) is 58.9 Å². The van der Waals surface area contributed by atoms with E-state index < -0.39 is 0 Å². The Morgan fingerprint density at radius 2 is 1.91 bits per heavy atom. The van der Waals surface area contributed by atoms with Gasteiger partial charge in [0, 0.05) is 49.4 Å². The number of hydrogen-bond donors (Lipinski definition) is 1.